The summed E-state index contributed by atoms with van der Waals surface area (Å²) in [5.74, 6) is -0.530. The van der Waals surface area contributed by atoms with Crippen LogP contribution in [0.25, 0.3) is 16.6 Å². The van der Waals surface area contributed by atoms with Gasteiger partial charge in [0.1, 0.15) is 0 Å². The molecule has 0 radical (unpaired) electrons. The quantitative estimate of drug-likeness (QED) is 0.672. The summed E-state index contributed by atoms with van der Waals surface area (Å²) in [6, 6.07) is 5.36. The van der Waals surface area contributed by atoms with Gasteiger partial charge in [-0.05, 0) is 42.4 Å². The van der Waals surface area contributed by atoms with Crippen LogP contribution < -0.4 is 11.1 Å². The molecule has 0 saturated heterocycles. The first-order valence-corrected chi connectivity index (χ1v) is 9.47. The number of primary amides is 1. The Morgan fingerprint density at radius 2 is 2.18 bits per heavy atom. The van der Waals surface area contributed by atoms with Crippen LogP contribution in [0.2, 0.25) is 0 Å². The number of pyridine rings is 1. The lowest BCUT2D eigenvalue weighted by atomic mass is 9.80. The minimum absolute atomic E-state index is 0.0695. The maximum absolute atomic E-state index is 14.2. The van der Waals surface area contributed by atoms with Crippen LogP contribution in [0.4, 0.5) is 10.1 Å². The first-order chi connectivity index (χ1) is 13.3. The van der Waals surface area contributed by atoms with Gasteiger partial charge in [0, 0.05) is 29.6 Å². The predicted molar refractivity (Wildman–Crippen MR) is 106 cm³/mol. The Kier molecular flexibility index (Phi) is 4.33. The lowest BCUT2D eigenvalue weighted by Gasteiger charge is -2.33. The summed E-state index contributed by atoms with van der Waals surface area (Å²) in [5.41, 5.74) is 8.37. The highest BCUT2D eigenvalue weighted by Crippen LogP contribution is 2.44. The van der Waals surface area contributed by atoms with E-state index < -0.39 is 11.9 Å². The Labute approximate surface area is 163 Å². The molecule has 1 aliphatic rings. The maximum Gasteiger partial charge on any atom is 0.252 e. The van der Waals surface area contributed by atoms with Crippen LogP contribution in [0.15, 0.2) is 36.8 Å². The van der Waals surface area contributed by atoms with E-state index >= 15 is 0 Å². The molecule has 2 atom stereocenters. The lowest BCUT2D eigenvalue weighted by Crippen LogP contribution is -2.35. The molecule has 1 fully saturated rings. The van der Waals surface area contributed by atoms with Crippen molar-refractivity contribution in [3.05, 3.63) is 48.3 Å². The van der Waals surface area contributed by atoms with E-state index in [2.05, 4.69) is 36.2 Å². The molecule has 1 amide bonds. The molecule has 0 aliphatic heterocycles. The second-order valence-corrected chi connectivity index (χ2v) is 8.19. The van der Waals surface area contributed by atoms with Crippen molar-refractivity contribution < 1.29 is 9.18 Å². The van der Waals surface area contributed by atoms with Crippen LogP contribution >= 0.6 is 0 Å². The van der Waals surface area contributed by atoms with E-state index in [4.69, 9.17) is 5.73 Å². The Morgan fingerprint density at radius 1 is 1.39 bits per heavy atom. The number of amides is 1. The minimum Gasteiger partial charge on any atom is -0.379 e. The Hall–Kier alpha value is -2.96. The topological polar surface area (TPSA) is 85.3 Å². The number of nitrogens with two attached hydrogens (primary N) is 1. The van der Waals surface area contributed by atoms with Gasteiger partial charge in [0.2, 0.25) is 5.95 Å². The third-order valence-electron chi connectivity index (χ3n) is 6.35. The zero-order valence-corrected chi connectivity index (χ0v) is 16.2. The molecule has 3 heterocycles. The Morgan fingerprint density at radius 3 is 2.82 bits per heavy atom. The third-order valence-corrected chi connectivity index (χ3v) is 6.35. The molecule has 0 spiro atoms. The Balaban J connectivity index is 1.84. The van der Waals surface area contributed by atoms with Gasteiger partial charge in [0.05, 0.1) is 23.0 Å². The largest absolute Gasteiger partial charge is 0.379 e. The van der Waals surface area contributed by atoms with Gasteiger partial charge in [-0.15, -0.1) is 0 Å². The van der Waals surface area contributed by atoms with Gasteiger partial charge >= 0.3 is 0 Å². The molecule has 0 aromatic carbocycles. The molecule has 6 nitrogen and oxygen atoms in total. The fourth-order valence-corrected chi connectivity index (χ4v) is 4.08. The minimum atomic E-state index is -0.547. The molecular formula is C21H24FN5O. The molecule has 3 aromatic rings. The van der Waals surface area contributed by atoms with E-state index in [0.29, 0.717) is 33.8 Å². The van der Waals surface area contributed by atoms with Crippen molar-refractivity contribution in [3.8, 4) is 11.1 Å². The summed E-state index contributed by atoms with van der Waals surface area (Å²) < 4.78 is 15.8. The van der Waals surface area contributed by atoms with Crippen LogP contribution in [0, 0.1) is 17.3 Å². The van der Waals surface area contributed by atoms with Crippen molar-refractivity contribution in [2.75, 3.05) is 5.32 Å². The SMILES string of the molecule is C[C@H]1CC[C@@H](Nc2c(C(N)=O)cnn3cc(-c4cccnc4F)cc23)C1(C)C. The van der Waals surface area contributed by atoms with E-state index in [1.165, 1.54) is 12.4 Å². The number of rotatable bonds is 4. The molecule has 28 heavy (non-hydrogen) atoms. The molecule has 4 rings (SSSR count). The lowest BCUT2D eigenvalue weighted by molar-refractivity contribution is 0.100. The van der Waals surface area contributed by atoms with E-state index in [-0.39, 0.29) is 11.5 Å². The summed E-state index contributed by atoms with van der Waals surface area (Å²) in [6.07, 6.45) is 6.73. The molecule has 146 valence electrons. The number of hydrogen-bond donors (Lipinski definition) is 2. The third kappa shape index (κ3) is 2.91. The number of carbonyl (C=O) groups excluding carboxylic acids is 1. The smallest absolute Gasteiger partial charge is 0.252 e. The molecule has 1 aliphatic carbocycles. The summed E-state index contributed by atoms with van der Waals surface area (Å²) in [6.45, 7) is 6.72. The average molecular weight is 381 g/mol. The zero-order chi connectivity index (χ0) is 20.1. The highest BCUT2D eigenvalue weighted by atomic mass is 19.1. The van der Waals surface area contributed by atoms with Crippen LogP contribution in [0.1, 0.15) is 44.0 Å². The molecule has 0 unspecified atom stereocenters. The molecule has 0 bridgehead atoms. The van der Waals surface area contributed by atoms with E-state index in [1.807, 2.05) is 6.07 Å². The van der Waals surface area contributed by atoms with Gasteiger partial charge < -0.3 is 11.1 Å². The number of anilines is 1. The number of halogens is 1. The first kappa shape index (κ1) is 18.4. The summed E-state index contributed by atoms with van der Waals surface area (Å²) in [7, 11) is 0. The predicted octanol–water partition coefficient (Wildman–Crippen LogP) is 3.87. The van der Waals surface area contributed by atoms with Crippen molar-refractivity contribution in [2.45, 2.75) is 39.7 Å². The van der Waals surface area contributed by atoms with Crippen LogP contribution in [0.3, 0.4) is 0 Å². The van der Waals surface area contributed by atoms with Crippen molar-refractivity contribution in [2.24, 2.45) is 17.1 Å². The van der Waals surface area contributed by atoms with Crippen LogP contribution in [-0.2, 0) is 0 Å². The first-order valence-electron chi connectivity index (χ1n) is 9.47. The van der Waals surface area contributed by atoms with Crippen molar-refractivity contribution >= 4 is 17.1 Å². The molecule has 7 heteroatoms. The highest BCUT2D eigenvalue weighted by Gasteiger charge is 2.41. The normalized spacial score (nSPS) is 21.1. The molecule has 3 aromatic heterocycles. The number of hydrogen-bond acceptors (Lipinski definition) is 4. The second-order valence-electron chi connectivity index (χ2n) is 8.19. The Bertz CT molecular complexity index is 1060. The zero-order valence-electron chi connectivity index (χ0n) is 16.2. The van der Waals surface area contributed by atoms with Crippen molar-refractivity contribution in [1.29, 1.82) is 0 Å². The number of nitrogens with zero attached hydrogens (tertiary/aromatic N) is 3. The van der Waals surface area contributed by atoms with E-state index in [0.717, 1.165) is 12.8 Å². The van der Waals surface area contributed by atoms with Crippen molar-refractivity contribution in [1.82, 2.24) is 14.6 Å². The molecule has 1 saturated carbocycles. The number of nitrogens with one attached hydrogen (secondary N) is 1. The van der Waals surface area contributed by atoms with Gasteiger partial charge in [-0.2, -0.15) is 9.49 Å². The number of aromatic nitrogens is 3. The number of carbonyl (C=O) groups is 1. The van der Waals surface area contributed by atoms with Gasteiger partial charge in [-0.1, -0.05) is 20.8 Å². The van der Waals surface area contributed by atoms with Crippen molar-refractivity contribution in [3.63, 3.8) is 0 Å². The average Bonchev–Trinajstić information content (AvgIpc) is 3.18. The van der Waals surface area contributed by atoms with Gasteiger partial charge in [-0.3, -0.25) is 4.79 Å². The summed E-state index contributed by atoms with van der Waals surface area (Å²) in [5, 5.41) is 7.86. The fourth-order valence-electron chi connectivity index (χ4n) is 4.08. The molecular weight excluding hydrogens is 357 g/mol. The summed E-state index contributed by atoms with van der Waals surface area (Å²) >= 11 is 0. The van der Waals surface area contributed by atoms with Gasteiger partial charge in [0.15, 0.2) is 0 Å². The second kappa shape index (κ2) is 6.58. The maximum atomic E-state index is 14.2. The number of fused-ring (bicyclic) bond motifs is 1. The van der Waals surface area contributed by atoms with Crippen LogP contribution in [-0.4, -0.2) is 26.5 Å². The van der Waals surface area contributed by atoms with Gasteiger partial charge in [0.25, 0.3) is 5.91 Å². The van der Waals surface area contributed by atoms with Gasteiger partial charge in [-0.25, -0.2) is 9.50 Å². The van der Waals surface area contributed by atoms with E-state index in [9.17, 15) is 9.18 Å². The standard InChI is InChI=1S/C21H24FN5O/c1-12-6-7-17(21(12,2)3)26-18-15(20(23)28)10-25-27-11-13(9-16(18)27)14-5-4-8-24-19(14)22/h4-5,8-12,17,26H,6-7H2,1-3H3,(H2,23,28)/t12-,17+/m0/s1. The summed E-state index contributed by atoms with van der Waals surface area (Å²) in [4.78, 5) is 15.8. The fraction of sp³-hybridized carbons (Fsp3) is 0.381. The van der Waals surface area contributed by atoms with Crippen LogP contribution in [0.5, 0.6) is 0 Å². The molecule has 3 N–H and O–H groups in total. The van der Waals surface area contributed by atoms with E-state index in [1.54, 1.807) is 22.8 Å². The highest BCUT2D eigenvalue weighted by molar-refractivity contribution is 6.02. The monoisotopic (exact) mass is 381 g/mol.